The second-order valence-corrected chi connectivity index (χ2v) is 6.57. The van der Waals surface area contributed by atoms with Gasteiger partial charge < -0.3 is 4.74 Å². The van der Waals surface area contributed by atoms with Crippen LogP contribution in [0.25, 0.3) is 10.2 Å². The SMILES string of the molecule is CCc1cc2c(Oc3cc(F)ccc3Br)nc(Cl)nc2s1. The van der Waals surface area contributed by atoms with Crippen molar-refractivity contribution in [2.24, 2.45) is 0 Å². The number of hydrogen-bond acceptors (Lipinski definition) is 4. The minimum Gasteiger partial charge on any atom is -0.437 e. The number of ether oxygens (including phenoxy) is 1. The lowest BCUT2D eigenvalue weighted by Gasteiger charge is -2.08. The number of thiophene rings is 1. The molecule has 21 heavy (non-hydrogen) atoms. The molecule has 108 valence electrons. The van der Waals surface area contributed by atoms with E-state index in [0.717, 1.165) is 21.5 Å². The summed E-state index contributed by atoms with van der Waals surface area (Å²) in [6, 6.07) is 6.19. The second kappa shape index (κ2) is 5.87. The minimum absolute atomic E-state index is 0.106. The van der Waals surface area contributed by atoms with Gasteiger partial charge in [0.15, 0.2) is 0 Å². The predicted octanol–water partition coefficient (Wildman–Crippen LogP) is 5.60. The van der Waals surface area contributed by atoms with Crippen LogP contribution in [0, 0.1) is 5.82 Å². The predicted molar refractivity (Wildman–Crippen MR) is 86.0 cm³/mol. The average Bonchev–Trinajstić information content (AvgIpc) is 2.86. The van der Waals surface area contributed by atoms with E-state index in [1.54, 1.807) is 17.4 Å². The van der Waals surface area contributed by atoms with Crippen LogP contribution in [-0.2, 0) is 6.42 Å². The molecule has 0 aliphatic rings. The fraction of sp³-hybridized carbons (Fsp3) is 0.143. The van der Waals surface area contributed by atoms with Gasteiger partial charge in [-0.2, -0.15) is 4.98 Å². The van der Waals surface area contributed by atoms with Crippen LogP contribution in [-0.4, -0.2) is 9.97 Å². The van der Waals surface area contributed by atoms with Crippen molar-refractivity contribution in [2.45, 2.75) is 13.3 Å². The Hall–Kier alpha value is -1.24. The number of benzene rings is 1. The molecule has 0 bridgehead atoms. The number of aromatic nitrogens is 2. The normalized spacial score (nSPS) is 11.0. The van der Waals surface area contributed by atoms with Crippen molar-refractivity contribution in [3.05, 3.63) is 44.7 Å². The quantitative estimate of drug-likeness (QED) is 0.549. The first-order valence-electron chi connectivity index (χ1n) is 6.15. The van der Waals surface area contributed by atoms with Crippen LogP contribution in [0.2, 0.25) is 5.28 Å². The van der Waals surface area contributed by atoms with Crippen molar-refractivity contribution in [2.75, 3.05) is 0 Å². The van der Waals surface area contributed by atoms with Gasteiger partial charge in [0.2, 0.25) is 11.2 Å². The summed E-state index contributed by atoms with van der Waals surface area (Å²) < 4.78 is 19.7. The molecule has 0 spiro atoms. The van der Waals surface area contributed by atoms with Crippen molar-refractivity contribution in [1.82, 2.24) is 9.97 Å². The van der Waals surface area contributed by atoms with Crippen molar-refractivity contribution in [3.63, 3.8) is 0 Å². The maximum absolute atomic E-state index is 13.3. The zero-order valence-corrected chi connectivity index (χ0v) is 14.0. The van der Waals surface area contributed by atoms with Crippen LogP contribution in [0.5, 0.6) is 11.6 Å². The molecule has 3 aromatic rings. The summed E-state index contributed by atoms with van der Waals surface area (Å²) in [5.74, 6) is 0.284. The Labute approximate surface area is 137 Å². The van der Waals surface area contributed by atoms with Gasteiger partial charge in [-0.05, 0) is 52.2 Å². The van der Waals surface area contributed by atoms with E-state index in [-0.39, 0.29) is 11.1 Å². The third kappa shape index (κ3) is 3.02. The Morgan fingerprint density at radius 3 is 2.90 bits per heavy atom. The molecule has 0 saturated heterocycles. The van der Waals surface area contributed by atoms with Crippen LogP contribution in [0.3, 0.4) is 0 Å². The van der Waals surface area contributed by atoms with Gasteiger partial charge in [-0.25, -0.2) is 9.37 Å². The topological polar surface area (TPSA) is 35.0 Å². The summed E-state index contributed by atoms with van der Waals surface area (Å²) in [6.07, 6.45) is 0.891. The first-order chi connectivity index (χ1) is 10.1. The monoisotopic (exact) mass is 386 g/mol. The van der Waals surface area contributed by atoms with E-state index in [1.165, 1.54) is 12.1 Å². The zero-order valence-electron chi connectivity index (χ0n) is 10.9. The van der Waals surface area contributed by atoms with Gasteiger partial charge in [-0.1, -0.05) is 6.92 Å². The summed E-state index contributed by atoms with van der Waals surface area (Å²) in [7, 11) is 0. The van der Waals surface area contributed by atoms with Crippen molar-refractivity contribution >= 4 is 49.1 Å². The zero-order chi connectivity index (χ0) is 15.0. The number of hydrogen-bond donors (Lipinski definition) is 0. The van der Waals surface area contributed by atoms with Gasteiger partial charge in [0, 0.05) is 10.9 Å². The molecule has 0 saturated carbocycles. The standard InChI is InChI=1S/C14H9BrClFN2OS/c1-2-8-6-9-12(18-14(16)19-13(9)21-8)20-11-5-7(17)3-4-10(11)15/h3-6H,2H2,1H3. The molecule has 0 atom stereocenters. The lowest BCUT2D eigenvalue weighted by Crippen LogP contribution is -1.92. The van der Waals surface area contributed by atoms with Gasteiger partial charge >= 0.3 is 0 Å². The fourth-order valence-corrected chi connectivity index (χ4v) is 3.33. The molecule has 0 fully saturated rings. The van der Waals surface area contributed by atoms with E-state index in [4.69, 9.17) is 16.3 Å². The maximum Gasteiger partial charge on any atom is 0.232 e. The van der Waals surface area contributed by atoms with E-state index >= 15 is 0 Å². The highest BCUT2D eigenvalue weighted by Crippen LogP contribution is 2.36. The van der Waals surface area contributed by atoms with Crippen molar-refractivity contribution < 1.29 is 9.13 Å². The van der Waals surface area contributed by atoms with Crippen LogP contribution in [0.15, 0.2) is 28.7 Å². The smallest absolute Gasteiger partial charge is 0.232 e. The van der Waals surface area contributed by atoms with E-state index in [1.807, 2.05) is 6.07 Å². The fourth-order valence-electron chi connectivity index (χ4n) is 1.83. The molecule has 0 aliphatic heterocycles. The maximum atomic E-state index is 13.3. The van der Waals surface area contributed by atoms with Gasteiger partial charge in [-0.3, -0.25) is 0 Å². The minimum atomic E-state index is -0.385. The third-order valence-electron chi connectivity index (χ3n) is 2.83. The average molecular weight is 388 g/mol. The molecule has 7 heteroatoms. The number of rotatable bonds is 3. The molecule has 2 aromatic heterocycles. The van der Waals surface area contributed by atoms with Crippen molar-refractivity contribution in [1.29, 1.82) is 0 Å². The van der Waals surface area contributed by atoms with Gasteiger partial charge in [0.25, 0.3) is 0 Å². The molecular formula is C14H9BrClFN2OS. The lowest BCUT2D eigenvalue weighted by molar-refractivity contribution is 0.460. The van der Waals surface area contributed by atoms with Gasteiger partial charge in [-0.15, -0.1) is 11.3 Å². The molecule has 0 unspecified atom stereocenters. The van der Waals surface area contributed by atoms with E-state index in [0.29, 0.717) is 16.1 Å². The summed E-state index contributed by atoms with van der Waals surface area (Å²) in [5, 5.41) is 0.881. The summed E-state index contributed by atoms with van der Waals surface area (Å²) in [5.41, 5.74) is 0. The molecule has 2 heterocycles. The summed E-state index contributed by atoms with van der Waals surface area (Å²) in [6.45, 7) is 2.06. The Morgan fingerprint density at radius 1 is 1.33 bits per heavy atom. The first-order valence-corrected chi connectivity index (χ1v) is 8.14. The molecule has 0 amide bonds. The third-order valence-corrected chi connectivity index (χ3v) is 4.83. The Balaban J connectivity index is 2.11. The number of aryl methyl sites for hydroxylation is 1. The van der Waals surface area contributed by atoms with E-state index < -0.39 is 0 Å². The first kappa shape index (κ1) is 14.7. The largest absolute Gasteiger partial charge is 0.437 e. The highest BCUT2D eigenvalue weighted by Gasteiger charge is 2.14. The molecule has 3 nitrogen and oxygen atoms in total. The molecule has 0 N–H and O–H groups in total. The highest BCUT2D eigenvalue weighted by atomic mass is 79.9. The molecular weight excluding hydrogens is 379 g/mol. The number of nitrogens with zero attached hydrogens (tertiary/aromatic N) is 2. The second-order valence-electron chi connectivity index (χ2n) is 4.26. The van der Waals surface area contributed by atoms with E-state index in [9.17, 15) is 4.39 Å². The summed E-state index contributed by atoms with van der Waals surface area (Å²) >= 11 is 10.8. The number of fused-ring (bicyclic) bond motifs is 1. The Bertz CT molecular complexity index is 824. The molecule has 0 aliphatic carbocycles. The van der Waals surface area contributed by atoms with Crippen LogP contribution in [0.4, 0.5) is 4.39 Å². The van der Waals surface area contributed by atoms with Gasteiger partial charge in [0.05, 0.1) is 9.86 Å². The highest BCUT2D eigenvalue weighted by molar-refractivity contribution is 9.10. The number of halogens is 3. The Morgan fingerprint density at radius 2 is 2.14 bits per heavy atom. The van der Waals surface area contributed by atoms with E-state index in [2.05, 4.69) is 32.8 Å². The lowest BCUT2D eigenvalue weighted by atomic mass is 10.3. The molecule has 0 radical (unpaired) electrons. The van der Waals surface area contributed by atoms with Crippen LogP contribution >= 0.6 is 38.9 Å². The van der Waals surface area contributed by atoms with Crippen LogP contribution in [0.1, 0.15) is 11.8 Å². The van der Waals surface area contributed by atoms with Gasteiger partial charge in [0.1, 0.15) is 16.4 Å². The molecule has 1 aromatic carbocycles. The van der Waals surface area contributed by atoms with Crippen LogP contribution < -0.4 is 4.74 Å². The Kier molecular flexibility index (Phi) is 4.10. The van der Waals surface area contributed by atoms with Crippen molar-refractivity contribution in [3.8, 4) is 11.6 Å². The molecule has 3 rings (SSSR count). The summed E-state index contributed by atoms with van der Waals surface area (Å²) in [4.78, 5) is 10.2.